The highest BCUT2D eigenvalue weighted by molar-refractivity contribution is 5.96. The molecule has 2 N–H and O–H groups in total. The van der Waals surface area contributed by atoms with Gasteiger partial charge in [0.05, 0.1) is 18.2 Å². The van der Waals surface area contributed by atoms with Crippen molar-refractivity contribution in [3.63, 3.8) is 0 Å². The second-order valence-electron chi connectivity index (χ2n) is 7.98. The maximum atomic E-state index is 13.0. The quantitative estimate of drug-likeness (QED) is 0.578. The van der Waals surface area contributed by atoms with Crippen LogP contribution in [0.4, 0.5) is 11.5 Å². The van der Waals surface area contributed by atoms with E-state index in [1.165, 1.54) is 6.42 Å². The third kappa shape index (κ3) is 5.52. The molecule has 0 radical (unpaired) electrons. The molecular weight excluding hydrogens is 400 g/mol. The molecule has 2 amide bonds. The number of nitrogens with one attached hydrogen (secondary N) is 2. The summed E-state index contributed by atoms with van der Waals surface area (Å²) in [5, 5.41) is 6.05. The first-order chi connectivity index (χ1) is 15.7. The zero-order chi connectivity index (χ0) is 22.2. The van der Waals surface area contributed by atoms with E-state index in [0.717, 1.165) is 37.3 Å². The fourth-order valence-electron chi connectivity index (χ4n) is 4.01. The zero-order valence-corrected chi connectivity index (χ0v) is 18.0. The van der Waals surface area contributed by atoms with Gasteiger partial charge in [-0.2, -0.15) is 0 Å². The van der Waals surface area contributed by atoms with E-state index in [1.807, 2.05) is 60.7 Å². The van der Waals surface area contributed by atoms with Crippen LogP contribution in [0.25, 0.3) is 0 Å². The summed E-state index contributed by atoms with van der Waals surface area (Å²) >= 11 is 0. The van der Waals surface area contributed by atoms with Gasteiger partial charge in [-0.05, 0) is 49.1 Å². The minimum absolute atomic E-state index is 0.122. The van der Waals surface area contributed by atoms with Gasteiger partial charge in [-0.3, -0.25) is 9.59 Å². The number of carbonyl (C=O) groups excluding carboxylic acids is 2. The summed E-state index contributed by atoms with van der Waals surface area (Å²) in [4.78, 5) is 32.6. The number of carbonyl (C=O) groups is 2. The SMILES string of the molecule is O=C(CC(NC(=O)c1ccccc1)c1ccccc1)Nc1cccnc1N1CCCCC1. The lowest BCUT2D eigenvalue weighted by Gasteiger charge is -2.29. The van der Waals surface area contributed by atoms with Crippen molar-refractivity contribution in [2.45, 2.75) is 31.7 Å². The first kappa shape index (κ1) is 21.6. The highest BCUT2D eigenvalue weighted by Crippen LogP contribution is 2.27. The van der Waals surface area contributed by atoms with Gasteiger partial charge < -0.3 is 15.5 Å². The Hall–Kier alpha value is -3.67. The molecule has 2 heterocycles. The molecule has 3 aromatic rings. The van der Waals surface area contributed by atoms with Gasteiger partial charge >= 0.3 is 0 Å². The topological polar surface area (TPSA) is 74.3 Å². The van der Waals surface area contributed by atoms with Gasteiger partial charge in [-0.25, -0.2) is 4.98 Å². The van der Waals surface area contributed by atoms with Crippen molar-refractivity contribution in [3.8, 4) is 0 Å². The van der Waals surface area contributed by atoms with Crippen LogP contribution in [0.2, 0.25) is 0 Å². The fourth-order valence-corrected chi connectivity index (χ4v) is 4.01. The molecule has 1 saturated heterocycles. The van der Waals surface area contributed by atoms with Gasteiger partial charge in [0.2, 0.25) is 5.91 Å². The van der Waals surface area contributed by atoms with Gasteiger partial charge in [0.25, 0.3) is 5.91 Å². The molecule has 0 bridgehead atoms. The standard InChI is InChI=1S/C26H28N4O2/c31-24(28-22-15-10-16-27-25(22)30-17-8-3-9-18-30)19-23(20-11-4-1-5-12-20)29-26(32)21-13-6-2-7-14-21/h1-2,4-7,10-16,23H,3,8-9,17-19H2,(H,28,31)(H,29,32). The maximum Gasteiger partial charge on any atom is 0.251 e. The summed E-state index contributed by atoms with van der Waals surface area (Å²) in [6, 6.07) is 21.9. The summed E-state index contributed by atoms with van der Waals surface area (Å²) in [6.07, 6.45) is 5.37. The number of amides is 2. The van der Waals surface area contributed by atoms with E-state index in [1.54, 1.807) is 18.3 Å². The molecule has 0 aliphatic carbocycles. The number of rotatable bonds is 7. The molecule has 6 heteroatoms. The molecule has 6 nitrogen and oxygen atoms in total. The number of aromatic nitrogens is 1. The van der Waals surface area contributed by atoms with Crippen molar-refractivity contribution in [2.24, 2.45) is 0 Å². The molecule has 0 spiro atoms. The van der Waals surface area contributed by atoms with Gasteiger partial charge in [0, 0.05) is 24.8 Å². The van der Waals surface area contributed by atoms with Gasteiger partial charge in [0.15, 0.2) is 5.82 Å². The molecule has 1 aromatic heterocycles. The maximum absolute atomic E-state index is 13.0. The van der Waals surface area contributed by atoms with E-state index < -0.39 is 6.04 Å². The Morgan fingerprint density at radius 2 is 1.56 bits per heavy atom. The summed E-state index contributed by atoms with van der Waals surface area (Å²) in [6.45, 7) is 1.89. The summed E-state index contributed by atoms with van der Waals surface area (Å²) in [5.74, 6) is 0.436. The van der Waals surface area contributed by atoms with E-state index in [0.29, 0.717) is 11.3 Å². The second kappa shape index (κ2) is 10.6. The van der Waals surface area contributed by atoms with E-state index in [2.05, 4.69) is 20.5 Å². The molecular formula is C26H28N4O2. The number of hydrogen-bond acceptors (Lipinski definition) is 4. The summed E-state index contributed by atoms with van der Waals surface area (Å²) in [7, 11) is 0. The minimum Gasteiger partial charge on any atom is -0.355 e. The van der Waals surface area contributed by atoms with Crippen molar-refractivity contribution in [1.29, 1.82) is 0 Å². The molecule has 1 atom stereocenters. The van der Waals surface area contributed by atoms with Crippen LogP contribution in [0.5, 0.6) is 0 Å². The normalized spacial score (nSPS) is 14.4. The zero-order valence-electron chi connectivity index (χ0n) is 18.0. The van der Waals surface area contributed by atoms with Crippen LogP contribution >= 0.6 is 0 Å². The molecule has 164 valence electrons. The lowest BCUT2D eigenvalue weighted by atomic mass is 10.0. The smallest absolute Gasteiger partial charge is 0.251 e. The van der Waals surface area contributed by atoms with Crippen LogP contribution in [0, 0.1) is 0 Å². The van der Waals surface area contributed by atoms with Crippen LogP contribution in [0.15, 0.2) is 79.0 Å². The van der Waals surface area contributed by atoms with Crippen molar-refractivity contribution < 1.29 is 9.59 Å². The molecule has 1 unspecified atom stereocenters. The van der Waals surface area contributed by atoms with Crippen molar-refractivity contribution >= 4 is 23.3 Å². The Kier molecular flexibility index (Phi) is 7.12. The highest BCUT2D eigenvalue weighted by Gasteiger charge is 2.21. The van der Waals surface area contributed by atoms with Crippen molar-refractivity contribution in [2.75, 3.05) is 23.3 Å². The van der Waals surface area contributed by atoms with Gasteiger partial charge in [0.1, 0.15) is 0 Å². The highest BCUT2D eigenvalue weighted by atomic mass is 16.2. The molecule has 2 aromatic carbocycles. The second-order valence-corrected chi connectivity index (χ2v) is 7.98. The fraction of sp³-hybridized carbons (Fsp3) is 0.269. The van der Waals surface area contributed by atoms with Crippen molar-refractivity contribution in [1.82, 2.24) is 10.3 Å². The average molecular weight is 429 g/mol. The third-order valence-electron chi connectivity index (χ3n) is 5.65. The Balaban J connectivity index is 1.49. The van der Waals surface area contributed by atoms with E-state index in [-0.39, 0.29) is 18.2 Å². The van der Waals surface area contributed by atoms with E-state index in [4.69, 9.17) is 0 Å². The molecule has 0 saturated carbocycles. The van der Waals surface area contributed by atoms with Crippen LogP contribution in [0.1, 0.15) is 47.6 Å². The molecule has 1 aliphatic rings. The lowest BCUT2D eigenvalue weighted by molar-refractivity contribution is -0.116. The predicted octanol–water partition coefficient (Wildman–Crippen LogP) is 4.57. The molecule has 1 aliphatic heterocycles. The number of piperidine rings is 1. The largest absolute Gasteiger partial charge is 0.355 e. The Labute approximate surface area is 188 Å². The third-order valence-corrected chi connectivity index (χ3v) is 5.65. The van der Waals surface area contributed by atoms with Crippen molar-refractivity contribution in [3.05, 3.63) is 90.1 Å². The Morgan fingerprint density at radius 1 is 0.875 bits per heavy atom. The van der Waals surface area contributed by atoms with E-state index >= 15 is 0 Å². The monoisotopic (exact) mass is 428 g/mol. The summed E-state index contributed by atoms with van der Waals surface area (Å²) in [5.41, 5.74) is 2.16. The number of hydrogen-bond donors (Lipinski definition) is 2. The first-order valence-electron chi connectivity index (χ1n) is 11.1. The molecule has 1 fully saturated rings. The molecule has 4 rings (SSSR count). The number of anilines is 2. The Morgan fingerprint density at radius 3 is 2.28 bits per heavy atom. The number of benzene rings is 2. The number of pyridine rings is 1. The lowest BCUT2D eigenvalue weighted by Crippen LogP contribution is -2.33. The predicted molar refractivity (Wildman–Crippen MR) is 127 cm³/mol. The first-order valence-corrected chi connectivity index (χ1v) is 11.1. The van der Waals surface area contributed by atoms with Crippen LogP contribution in [-0.4, -0.2) is 29.9 Å². The molecule has 32 heavy (non-hydrogen) atoms. The van der Waals surface area contributed by atoms with Gasteiger partial charge in [-0.1, -0.05) is 48.5 Å². The van der Waals surface area contributed by atoms with Crippen LogP contribution < -0.4 is 15.5 Å². The van der Waals surface area contributed by atoms with Gasteiger partial charge in [-0.15, -0.1) is 0 Å². The van der Waals surface area contributed by atoms with Crippen LogP contribution in [0.3, 0.4) is 0 Å². The summed E-state index contributed by atoms with van der Waals surface area (Å²) < 4.78 is 0. The van der Waals surface area contributed by atoms with E-state index in [9.17, 15) is 9.59 Å². The van der Waals surface area contributed by atoms with Crippen LogP contribution in [-0.2, 0) is 4.79 Å². The number of nitrogens with zero attached hydrogens (tertiary/aromatic N) is 2. The Bertz CT molecular complexity index is 1030. The minimum atomic E-state index is -0.445. The average Bonchev–Trinajstić information content (AvgIpc) is 2.85.